The summed E-state index contributed by atoms with van der Waals surface area (Å²) in [5, 5.41) is 16.3. The molecule has 0 atom stereocenters. The molecule has 1 aliphatic rings. The number of halogens is 1. The van der Waals surface area contributed by atoms with Crippen molar-refractivity contribution in [2.45, 2.75) is 12.8 Å². The summed E-state index contributed by atoms with van der Waals surface area (Å²) >= 11 is 6.04. The number of anilines is 1. The molecule has 0 amide bonds. The Labute approximate surface area is 171 Å². The lowest BCUT2D eigenvalue weighted by Crippen LogP contribution is -2.23. The highest BCUT2D eigenvalue weighted by atomic mass is 35.5. The van der Waals surface area contributed by atoms with E-state index in [1.54, 1.807) is 12.1 Å². The SMILES string of the molecule is N#Cc1c(-c2ccc(Cl)cc2)c2c3c(nn(-c4ccccc4)c(=O)c3c1N)CC2. The molecule has 3 aromatic carbocycles. The molecule has 0 bridgehead atoms. The summed E-state index contributed by atoms with van der Waals surface area (Å²) in [6, 6.07) is 18.8. The highest BCUT2D eigenvalue weighted by Gasteiger charge is 2.28. The molecule has 0 saturated carbocycles. The lowest BCUT2D eigenvalue weighted by molar-refractivity contribution is 0.780. The number of nitrogen functional groups attached to an aromatic ring is 1. The molecule has 1 aromatic heterocycles. The van der Waals surface area contributed by atoms with Crippen molar-refractivity contribution in [2.75, 3.05) is 5.73 Å². The minimum atomic E-state index is -0.310. The molecule has 140 valence electrons. The van der Waals surface area contributed by atoms with Gasteiger partial charge >= 0.3 is 0 Å². The Balaban J connectivity index is 1.91. The number of aromatic nitrogens is 2. The van der Waals surface area contributed by atoms with Gasteiger partial charge in [0.2, 0.25) is 0 Å². The van der Waals surface area contributed by atoms with E-state index in [4.69, 9.17) is 17.3 Å². The number of para-hydroxylation sites is 1. The van der Waals surface area contributed by atoms with Crippen LogP contribution in [0.1, 0.15) is 16.8 Å². The predicted molar refractivity (Wildman–Crippen MR) is 114 cm³/mol. The van der Waals surface area contributed by atoms with Crippen LogP contribution in [0, 0.1) is 11.3 Å². The second-order valence-corrected chi connectivity index (χ2v) is 7.45. The van der Waals surface area contributed by atoms with Gasteiger partial charge in [-0.1, -0.05) is 41.9 Å². The highest BCUT2D eigenvalue weighted by Crippen LogP contribution is 2.42. The Morgan fingerprint density at radius 1 is 1.03 bits per heavy atom. The molecule has 0 radical (unpaired) electrons. The molecule has 0 aliphatic heterocycles. The molecule has 5 nitrogen and oxygen atoms in total. The quantitative estimate of drug-likeness (QED) is 0.511. The first-order valence-corrected chi connectivity index (χ1v) is 9.59. The second kappa shape index (κ2) is 6.47. The molecule has 0 saturated heterocycles. The van der Waals surface area contributed by atoms with E-state index in [0.29, 0.717) is 34.5 Å². The third-order valence-corrected chi connectivity index (χ3v) is 5.67. The number of hydrogen-bond acceptors (Lipinski definition) is 4. The molecule has 2 N–H and O–H groups in total. The van der Waals surface area contributed by atoms with Crippen LogP contribution >= 0.6 is 11.6 Å². The number of benzene rings is 3. The number of nitriles is 1. The number of nitrogens with zero attached hydrogens (tertiary/aromatic N) is 3. The molecule has 1 heterocycles. The monoisotopic (exact) mass is 398 g/mol. The van der Waals surface area contributed by atoms with Crippen LogP contribution in [-0.2, 0) is 12.8 Å². The van der Waals surface area contributed by atoms with E-state index in [1.807, 2.05) is 42.5 Å². The summed E-state index contributed by atoms with van der Waals surface area (Å²) in [4.78, 5) is 13.3. The van der Waals surface area contributed by atoms with Gasteiger partial charge in [-0.05, 0) is 48.2 Å². The fraction of sp³-hybridized carbons (Fsp3) is 0.0870. The normalized spacial score (nSPS) is 12.3. The third-order valence-electron chi connectivity index (χ3n) is 5.42. The molecule has 6 heteroatoms. The summed E-state index contributed by atoms with van der Waals surface area (Å²) in [6.45, 7) is 0. The molecule has 0 fully saturated rings. The van der Waals surface area contributed by atoms with Crippen LogP contribution in [0.25, 0.3) is 27.6 Å². The average Bonchev–Trinajstić information content (AvgIpc) is 3.16. The van der Waals surface area contributed by atoms with Gasteiger partial charge in [0.25, 0.3) is 5.56 Å². The molecule has 0 unspecified atom stereocenters. The van der Waals surface area contributed by atoms with E-state index in [2.05, 4.69) is 11.2 Å². The molecular formula is C23H15ClN4O. The Hall–Kier alpha value is -3.62. The van der Waals surface area contributed by atoms with Crippen LogP contribution in [0.4, 0.5) is 5.69 Å². The first-order chi connectivity index (χ1) is 14.1. The molecule has 4 aromatic rings. The molecule has 29 heavy (non-hydrogen) atoms. The van der Waals surface area contributed by atoms with Crippen LogP contribution in [0.3, 0.4) is 0 Å². The van der Waals surface area contributed by atoms with Crippen molar-refractivity contribution in [1.29, 1.82) is 5.26 Å². The predicted octanol–water partition coefficient (Wildman–Crippen LogP) is 4.26. The Bertz CT molecular complexity index is 1380. The second-order valence-electron chi connectivity index (χ2n) is 7.01. The van der Waals surface area contributed by atoms with Gasteiger partial charge < -0.3 is 5.73 Å². The van der Waals surface area contributed by atoms with Crippen molar-refractivity contribution in [3.63, 3.8) is 0 Å². The van der Waals surface area contributed by atoms with Crippen LogP contribution in [0.5, 0.6) is 0 Å². The zero-order valence-electron chi connectivity index (χ0n) is 15.3. The highest BCUT2D eigenvalue weighted by molar-refractivity contribution is 6.30. The van der Waals surface area contributed by atoms with Crippen molar-refractivity contribution in [3.8, 4) is 22.9 Å². The Kier molecular flexibility index (Phi) is 3.90. The van der Waals surface area contributed by atoms with Gasteiger partial charge in [-0.3, -0.25) is 4.79 Å². The van der Waals surface area contributed by atoms with Gasteiger partial charge in [0.1, 0.15) is 6.07 Å². The Morgan fingerprint density at radius 2 is 1.76 bits per heavy atom. The fourth-order valence-corrected chi connectivity index (χ4v) is 4.27. The van der Waals surface area contributed by atoms with Crippen molar-refractivity contribution >= 4 is 28.1 Å². The first kappa shape index (κ1) is 17.5. The summed E-state index contributed by atoms with van der Waals surface area (Å²) < 4.78 is 1.38. The zero-order chi connectivity index (χ0) is 20.1. The number of rotatable bonds is 2. The fourth-order valence-electron chi connectivity index (χ4n) is 4.15. The number of aryl methyl sites for hydroxylation is 2. The lowest BCUT2D eigenvalue weighted by Gasteiger charge is -2.16. The van der Waals surface area contributed by atoms with Crippen molar-refractivity contribution in [3.05, 3.63) is 86.8 Å². The van der Waals surface area contributed by atoms with Crippen LogP contribution < -0.4 is 11.3 Å². The van der Waals surface area contributed by atoms with Crippen LogP contribution in [0.2, 0.25) is 5.02 Å². The van der Waals surface area contributed by atoms with E-state index >= 15 is 0 Å². The third kappa shape index (κ3) is 2.54. The average molecular weight is 399 g/mol. The summed E-state index contributed by atoms with van der Waals surface area (Å²) in [5.41, 5.74) is 10.7. The van der Waals surface area contributed by atoms with Gasteiger partial charge in [0.05, 0.1) is 28.0 Å². The van der Waals surface area contributed by atoms with Crippen molar-refractivity contribution in [2.24, 2.45) is 0 Å². The first-order valence-electron chi connectivity index (χ1n) is 9.22. The van der Waals surface area contributed by atoms with Gasteiger partial charge in [-0.25, -0.2) is 0 Å². The minimum absolute atomic E-state index is 0.205. The van der Waals surface area contributed by atoms with E-state index in [1.165, 1.54) is 4.68 Å². The lowest BCUT2D eigenvalue weighted by atomic mass is 9.90. The van der Waals surface area contributed by atoms with Crippen molar-refractivity contribution in [1.82, 2.24) is 9.78 Å². The minimum Gasteiger partial charge on any atom is -0.397 e. The maximum atomic E-state index is 13.3. The summed E-state index contributed by atoms with van der Waals surface area (Å²) in [5.74, 6) is 0. The van der Waals surface area contributed by atoms with Gasteiger partial charge in [-0.2, -0.15) is 15.0 Å². The standard InChI is InChI=1S/C23H15ClN4O/c24-14-8-6-13(7-9-14)19-16-10-11-18-20(16)21(22(26)17(19)12-25)23(29)28(27-18)15-4-2-1-3-5-15/h1-9H,10-11,26H2. The molecular weight excluding hydrogens is 384 g/mol. The topological polar surface area (TPSA) is 84.7 Å². The summed E-state index contributed by atoms with van der Waals surface area (Å²) in [7, 11) is 0. The van der Waals surface area contributed by atoms with E-state index < -0.39 is 0 Å². The Morgan fingerprint density at radius 3 is 2.45 bits per heavy atom. The number of hydrogen-bond donors (Lipinski definition) is 1. The van der Waals surface area contributed by atoms with E-state index in [9.17, 15) is 10.1 Å². The van der Waals surface area contributed by atoms with Crippen LogP contribution in [-0.4, -0.2) is 9.78 Å². The van der Waals surface area contributed by atoms with Gasteiger partial charge in [0.15, 0.2) is 0 Å². The zero-order valence-corrected chi connectivity index (χ0v) is 16.1. The maximum Gasteiger partial charge on any atom is 0.281 e. The molecule has 1 aliphatic carbocycles. The van der Waals surface area contributed by atoms with E-state index in [0.717, 1.165) is 27.8 Å². The summed E-state index contributed by atoms with van der Waals surface area (Å²) in [6.07, 6.45) is 1.39. The largest absolute Gasteiger partial charge is 0.397 e. The van der Waals surface area contributed by atoms with Gasteiger partial charge in [0, 0.05) is 16.0 Å². The van der Waals surface area contributed by atoms with Crippen LogP contribution in [0.15, 0.2) is 59.4 Å². The van der Waals surface area contributed by atoms with Crippen molar-refractivity contribution < 1.29 is 0 Å². The maximum absolute atomic E-state index is 13.3. The van der Waals surface area contributed by atoms with Gasteiger partial charge in [-0.15, -0.1) is 0 Å². The number of nitrogens with two attached hydrogens (primary N) is 1. The molecule has 0 spiro atoms. The van der Waals surface area contributed by atoms with E-state index in [-0.39, 0.29) is 11.2 Å². The smallest absolute Gasteiger partial charge is 0.281 e. The molecule has 5 rings (SSSR count).